The van der Waals surface area contributed by atoms with E-state index in [1.54, 1.807) is 6.07 Å². The molecule has 2 aromatic rings. The third-order valence-electron chi connectivity index (χ3n) is 3.02. The highest BCUT2D eigenvalue weighted by molar-refractivity contribution is 5.99. The molecule has 4 N–H and O–H groups in total. The van der Waals surface area contributed by atoms with Gasteiger partial charge in [0.2, 0.25) is 0 Å². The van der Waals surface area contributed by atoms with Crippen molar-refractivity contribution in [3.8, 4) is 0 Å². The molecule has 5 heteroatoms. The number of benzene rings is 2. The zero-order valence-electron chi connectivity index (χ0n) is 10.6. The van der Waals surface area contributed by atoms with E-state index in [0.717, 1.165) is 16.3 Å². The van der Waals surface area contributed by atoms with Gasteiger partial charge < -0.3 is 15.7 Å². The minimum Gasteiger partial charge on any atom is -0.465 e. The summed E-state index contributed by atoms with van der Waals surface area (Å²) in [6.07, 6.45) is -0.972. The van der Waals surface area contributed by atoms with Gasteiger partial charge in [0.15, 0.2) is 0 Å². The van der Waals surface area contributed by atoms with Crippen LogP contribution < -0.4 is 5.73 Å². The molecule has 0 unspecified atom stereocenters. The number of nitrogen functional groups attached to an aromatic ring is 1. The maximum absolute atomic E-state index is 10.9. The number of nitrogens with zero attached hydrogens (tertiary/aromatic N) is 1. The minimum atomic E-state index is -0.972. The molecule has 2 rings (SSSR count). The number of hydrogen-bond donors (Lipinski definition) is 3. The van der Waals surface area contributed by atoms with E-state index in [9.17, 15) is 4.79 Å². The van der Waals surface area contributed by atoms with E-state index in [1.165, 1.54) is 11.9 Å². The maximum Gasteiger partial charge on any atom is 0.407 e. The van der Waals surface area contributed by atoms with Crippen molar-refractivity contribution in [1.82, 2.24) is 4.90 Å². The summed E-state index contributed by atoms with van der Waals surface area (Å²) in [5, 5.41) is 18.3. The molecule has 0 aliphatic carbocycles. The summed E-state index contributed by atoms with van der Waals surface area (Å²) < 4.78 is 0. The van der Waals surface area contributed by atoms with Gasteiger partial charge in [-0.2, -0.15) is 0 Å². The van der Waals surface area contributed by atoms with Gasteiger partial charge in [0.25, 0.3) is 0 Å². The fourth-order valence-corrected chi connectivity index (χ4v) is 1.97. The predicted molar refractivity (Wildman–Crippen MR) is 74.5 cm³/mol. The van der Waals surface area contributed by atoms with Gasteiger partial charge >= 0.3 is 6.09 Å². The van der Waals surface area contributed by atoms with E-state index in [1.807, 2.05) is 30.3 Å². The minimum absolute atomic E-state index is 0.00305. The largest absolute Gasteiger partial charge is 0.465 e. The zero-order chi connectivity index (χ0) is 14.0. The summed E-state index contributed by atoms with van der Waals surface area (Å²) in [5.74, 6) is 0.00305. The lowest BCUT2D eigenvalue weighted by Crippen LogP contribution is -2.24. The smallest absolute Gasteiger partial charge is 0.407 e. The van der Waals surface area contributed by atoms with Crippen molar-refractivity contribution in [2.24, 2.45) is 5.73 Å². The normalized spacial score (nSPS) is 10.4. The molecule has 0 atom stereocenters. The van der Waals surface area contributed by atoms with Crippen LogP contribution in [0.25, 0.3) is 10.8 Å². The Morgan fingerprint density at radius 2 is 2.11 bits per heavy atom. The molecule has 0 bridgehead atoms. The van der Waals surface area contributed by atoms with E-state index in [-0.39, 0.29) is 5.84 Å². The Balaban J connectivity index is 2.51. The number of fused-ring (bicyclic) bond motifs is 1. The molecular weight excluding hydrogens is 242 g/mol. The molecule has 2 aromatic carbocycles. The van der Waals surface area contributed by atoms with Crippen LogP contribution in [-0.4, -0.2) is 29.0 Å². The van der Waals surface area contributed by atoms with Gasteiger partial charge in [-0.15, -0.1) is 0 Å². The molecule has 5 nitrogen and oxygen atoms in total. The van der Waals surface area contributed by atoms with Crippen molar-refractivity contribution in [2.45, 2.75) is 6.54 Å². The van der Waals surface area contributed by atoms with Crippen LogP contribution in [0.5, 0.6) is 0 Å². The quantitative estimate of drug-likeness (QED) is 0.581. The van der Waals surface area contributed by atoms with Crippen LogP contribution in [0, 0.1) is 5.41 Å². The van der Waals surface area contributed by atoms with Crippen LogP contribution >= 0.6 is 0 Å². The molecule has 0 saturated carbocycles. The second kappa shape index (κ2) is 4.97. The highest BCUT2D eigenvalue weighted by Gasteiger charge is 2.09. The van der Waals surface area contributed by atoms with E-state index < -0.39 is 6.09 Å². The fourth-order valence-electron chi connectivity index (χ4n) is 1.97. The average Bonchev–Trinajstić information content (AvgIpc) is 2.38. The van der Waals surface area contributed by atoms with Gasteiger partial charge in [0, 0.05) is 19.2 Å². The number of carbonyl (C=O) groups is 1. The first kappa shape index (κ1) is 12.9. The highest BCUT2D eigenvalue weighted by atomic mass is 16.4. The van der Waals surface area contributed by atoms with Gasteiger partial charge in [0.05, 0.1) is 0 Å². The second-order valence-corrected chi connectivity index (χ2v) is 4.41. The van der Waals surface area contributed by atoms with Crippen LogP contribution in [0.15, 0.2) is 36.4 Å². The van der Waals surface area contributed by atoms with E-state index in [2.05, 4.69) is 0 Å². The van der Waals surface area contributed by atoms with Crippen LogP contribution in [0.4, 0.5) is 4.79 Å². The molecule has 0 radical (unpaired) electrons. The summed E-state index contributed by atoms with van der Waals surface area (Å²) >= 11 is 0. The van der Waals surface area contributed by atoms with Crippen molar-refractivity contribution >= 4 is 22.7 Å². The SMILES string of the molecule is CN(Cc1cccc2ccc(C(=N)N)cc12)C(=O)O. The molecule has 0 fully saturated rings. The first-order valence-electron chi connectivity index (χ1n) is 5.79. The van der Waals surface area contributed by atoms with E-state index in [4.69, 9.17) is 16.2 Å². The van der Waals surface area contributed by atoms with Crippen molar-refractivity contribution in [2.75, 3.05) is 7.05 Å². The molecule has 98 valence electrons. The summed E-state index contributed by atoms with van der Waals surface area (Å²) in [5.41, 5.74) is 7.01. The molecule has 0 heterocycles. The van der Waals surface area contributed by atoms with Crippen LogP contribution in [0.2, 0.25) is 0 Å². The molecule has 0 aliphatic heterocycles. The lowest BCUT2D eigenvalue weighted by Gasteiger charge is -2.15. The second-order valence-electron chi connectivity index (χ2n) is 4.41. The lowest BCUT2D eigenvalue weighted by atomic mass is 10.0. The first-order chi connectivity index (χ1) is 8.99. The van der Waals surface area contributed by atoms with Gasteiger partial charge in [0.1, 0.15) is 5.84 Å². The summed E-state index contributed by atoms with van der Waals surface area (Å²) in [4.78, 5) is 12.1. The lowest BCUT2D eigenvalue weighted by molar-refractivity contribution is 0.154. The first-order valence-corrected chi connectivity index (χ1v) is 5.79. The number of nitrogens with one attached hydrogen (secondary N) is 1. The predicted octanol–water partition coefficient (Wildman–Crippen LogP) is 2.23. The summed E-state index contributed by atoms with van der Waals surface area (Å²) in [6, 6.07) is 11.2. The van der Waals surface area contributed by atoms with Gasteiger partial charge in [-0.1, -0.05) is 30.3 Å². The Morgan fingerprint density at radius 1 is 1.37 bits per heavy atom. The Hall–Kier alpha value is -2.56. The fraction of sp³-hybridized carbons (Fsp3) is 0.143. The van der Waals surface area contributed by atoms with Crippen LogP contribution in [0.3, 0.4) is 0 Å². The molecule has 1 amide bonds. The summed E-state index contributed by atoms with van der Waals surface area (Å²) in [7, 11) is 1.52. The van der Waals surface area contributed by atoms with Crippen molar-refractivity contribution < 1.29 is 9.90 Å². The monoisotopic (exact) mass is 257 g/mol. The standard InChI is InChI=1S/C14H15N3O2/c1-17(14(18)19)8-11-4-2-3-9-5-6-10(13(15)16)7-12(9)11/h2-7H,8H2,1H3,(H3,15,16)(H,18,19). The molecule has 0 saturated heterocycles. The van der Waals surface area contributed by atoms with Crippen molar-refractivity contribution in [1.29, 1.82) is 5.41 Å². The number of hydrogen-bond acceptors (Lipinski definition) is 2. The van der Waals surface area contributed by atoms with Gasteiger partial charge in [-0.3, -0.25) is 5.41 Å². The number of carboxylic acid groups (broad SMARTS) is 1. The van der Waals surface area contributed by atoms with Gasteiger partial charge in [-0.05, 0) is 22.4 Å². The molecular formula is C14H15N3O2. The number of amides is 1. The maximum atomic E-state index is 10.9. The average molecular weight is 257 g/mol. The topological polar surface area (TPSA) is 90.4 Å². The molecule has 19 heavy (non-hydrogen) atoms. The van der Waals surface area contributed by atoms with Crippen molar-refractivity contribution in [3.05, 3.63) is 47.5 Å². The summed E-state index contributed by atoms with van der Waals surface area (Å²) in [6.45, 7) is 0.300. The Morgan fingerprint density at radius 3 is 2.74 bits per heavy atom. The Kier molecular flexibility index (Phi) is 3.37. The number of amidine groups is 1. The molecule has 0 spiro atoms. The molecule has 0 aliphatic rings. The third-order valence-corrected chi connectivity index (χ3v) is 3.02. The van der Waals surface area contributed by atoms with E-state index in [0.29, 0.717) is 12.1 Å². The Bertz CT molecular complexity index is 652. The number of rotatable bonds is 3. The van der Waals surface area contributed by atoms with Gasteiger partial charge in [-0.25, -0.2) is 4.79 Å². The van der Waals surface area contributed by atoms with Crippen molar-refractivity contribution in [3.63, 3.8) is 0 Å². The van der Waals surface area contributed by atoms with Crippen LogP contribution in [0.1, 0.15) is 11.1 Å². The highest BCUT2D eigenvalue weighted by Crippen LogP contribution is 2.21. The van der Waals surface area contributed by atoms with Crippen LogP contribution in [-0.2, 0) is 6.54 Å². The zero-order valence-corrected chi connectivity index (χ0v) is 10.6. The van der Waals surface area contributed by atoms with E-state index >= 15 is 0 Å². The Labute approximate surface area is 110 Å². The number of nitrogens with two attached hydrogens (primary N) is 1. The molecule has 0 aromatic heterocycles. The third kappa shape index (κ3) is 2.65.